The second kappa shape index (κ2) is 7.97. The van der Waals surface area contributed by atoms with Gasteiger partial charge in [0.1, 0.15) is 11.6 Å². The molecule has 0 fully saturated rings. The van der Waals surface area contributed by atoms with Gasteiger partial charge in [-0.3, -0.25) is 5.10 Å². The van der Waals surface area contributed by atoms with E-state index in [-0.39, 0.29) is 5.82 Å². The maximum Gasteiger partial charge on any atom is 0.209 e. The van der Waals surface area contributed by atoms with Crippen molar-refractivity contribution in [1.82, 2.24) is 15.2 Å². The third kappa shape index (κ3) is 4.35. The molecular formula is C18H18FN3OS. The molecule has 3 rings (SSSR count). The van der Waals surface area contributed by atoms with Crippen LogP contribution in [0.2, 0.25) is 0 Å². The lowest BCUT2D eigenvalue weighted by Crippen LogP contribution is -1.94. The van der Waals surface area contributed by atoms with Crippen LogP contribution in [0.1, 0.15) is 18.9 Å². The Morgan fingerprint density at radius 1 is 1.08 bits per heavy atom. The summed E-state index contributed by atoms with van der Waals surface area (Å²) in [5, 5.41) is 7.83. The highest BCUT2D eigenvalue weighted by molar-refractivity contribution is 7.98. The summed E-state index contributed by atoms with van der Waals surface area (Å²) in [6, 6.07) is 14.2. The van der Waals surface area contributed by atoms with Crippen molar-refractivity contribution in [1.29, 1.82) is 0 Å². The Kier molecular flexibility index (Phi) is 5.48. The van der Waals surface area contributed by atoms with E-state index in [1.165, 1.54) is 23.9 Å². The van der Waals surface area contributed by atoms with Gasteiger partial charge < -0.3 is 4.74 Å². The van der Waals surface area contributed by atoms with E-state index in [1.54, 1.807) is 12.1 Å². The molecule has 0 amide bonds. The maximum absolute atomic E-state index is 12.9. The molecule has 0 spiro atoms. The Hall–Kier alpha value is -2.34. The van der Waals surface area contributed by atoms with Crippen molar-refractivity contribution in [2.45, 2.75) is 24.3 Å². The summed E-state index contributed by atoms with van der Waals surface area (Å²) in [6.07, 6.45) is 0.985. The highest BCUT2D eigenvalue weighted by atomic mass is 32.2. The lowest BCUT2D eigenvalue weighted by Gasteiger charge is -2.04. The number of hydrogen-bond acceptors (Lipinski definition) is 4. The smallest absolute Gasteiger partial charge is 0.209 e. The Morgan fingerprint density at radius 3 is 2.54 bits per heavy atom. The summed E-state index contributed by atoms with van der Waals surface area (Å²) in [4.78, 5) is 4.49. The Labute approximate surface area is 144 Å². The number of aromatic amines is 1. The molecule has 1 heterocycles. The predicted octanol–water partition coefficient (Wildman–Crippen LogP) is 4.69. The summed E-state index contributed by atoms with van der Waals surface area (Å²) in [5.41, 5.74) is 1.99. The highest BCUT2D eigenvalue weighted by Gasteiger charge is 2.07. The van der Waals surface area contributed by atoms with Gasteiger partial charge in [0.2, 0.25) is 5.16 Å². The van der Waals surface area contributed by atoms with Gasteiger partial charge >= 0.3 is 0 Å². The van der Waals surface area contributed by atoms with Crippen molar-refractivity contribution in [2.24, 2.45) is 0 Å². The lowest BCUT2D eigenvalue weighted by molar-refractivity contribution is 0.317. The van der Waals surface area contributed by atoms with Crippen LogP contribution in [0.5, 0.6) is 5.75 Å². The number of ether oxygens (including phenoxy) is 1. The normalized spacial score (nSPS) is 10.8. The van der Waals surface area contributed by atoms with Crippen molar-refractivity contribution < 1.29 is 9.13 Å². The molecule has 1 aromatic heterocycles. The van der Waals surface area contributed by atoms with Gasteiger partial charge in [-0.15, -0.1) is 5.10 Å². The van der Waals surface area contributed by atoms with Crippen LogP contribution < -0.4 is 4.74 Å². The van der Waals surface area contributed by atoms with Gasteiger partial charge in [-0.1, -0.05) is 30.8 Å². The van der Waals surface area contributed by atoms with E-state index in [0.717, 1.165) is 29.1 Å². The summed E-state index contributed by atoms with van der Waals surface area (Å²) >= 11 is 1.51. The molecule has 3 aromatic rings. The van der Waals surface area contributed by atoms with Crippen LogP contribution >= 0.6 is 11.8 Å². The van der Waals surface area contributed by atoms with Crippen LogP contribution in [0.15, 0.2) is 53.7 Å². The molecule has 0 saturated carbocycles. The summed E-state index contributed by atoms with van der Waals surface area (Å²) in [6.45, 7) is 2.79. The summed E-state index contributed by atoms with van der Waals surface area (Å²) < 4.78 is 18.5. The van der Waals surface area contributed by atoms with E-state index in [1.807, 2.05) is 24.3 Å². The third-order valence-corrected chi connectivity index (χ3v) is 4.27. The number of H-pyrrole nitrogens is 1. The molecule has 1 N–H and O–H groups in total. The highest BCUT2D eigenvalue weighted by Crippen LogP contribution is 2.24. The summed E-state index contributed by atoms with van der Waals surface area (Å²) in [7, 11) is 0. The molecule has 2 aromatic carbocycles. The molecule has 0 atom stereocenters. The number of thioether (sulfide) groups is 1. The van der Waals surface area contributed by atoms with Crippen molar-refractivity contribution in [3.8, 4) is 17.1 Å². The van der Waals surface area contributed by atoms with E-state index in [0.29, 0.717) is 17.5 Å². The number of benzene rings is 2. The Bertz CT molecular complexity index is 772. The molecule has 0 saturated heterocycles. The van der Waals surface area contributed by atoms with Crippen LogP contribution in [-0.4, -0.2) is 21.8 Å². The fourth-order valence-corrected chi connectivity index (χ4v) is 2.85. The number of nitrogens with zero attached hydrogens (tertiary/aromatic N) is 2. The quantitative estimate of drug-likeness (QED) is 0.632. The van der Waals surface area contributed by atoms with Crippen molar-refractivity contribution in [3.05, 3.63) is 59.9 Å². The third-order valence-electron chi connectivity index (χ3n) is 3.35. The van der Waals surface area contributed by atoms with Gasteiger partial charge in [0.05, 0.1) is 6.61 Å². The van der Waals surface area contributed by atoms with Gasteiger partial charge in [-0.2, -0.15) is 0 Å². The van der Waals surface area contributed by atoms with E-state index >= 15 is 0 Å². The van der Waals surface area contributed by atoms with E-state index < -0.39 is 0 Å². The zero-order valence-electron chi connectivity index (χ0n) is 13.3. The first kappa shape index (κ1) is 16.5. The van der Waals surface area contributed by atoms with Crippen molar-refractivity contribution in [3.63, 3.8) is 0 Å². The van der Waals surface area contributed by atoms with Gasteiger partial charge in [0.25, 0.3) is 0 Å². The van der Waals surface area contributed by atoms with Crippen LogP contribution in [0, 0.1) is 5.82 Å². The zero-order chi connectivity index (χ0) is 16.8. The first-order chi connectivity index (χ1) is 11.7. The number of hydrogen-bond donors (Lipinski definition) is 1. The standard InChI is InChI=1S/C18H18FN3OS/c1-2-11-23-16-9-5-14(6-10-16)17-20-18(22-21-17)24-12-13-3-7-15(19)8-4-13/h3-10H,2,11-12H2,1H3,(H,20,21,22). The fraction of sp³-hybridized carbons (Fsp3) is 0.222. The molecule has 0 bridgehead atoms. The SMILES string of the molecule is CCCOc1ccc(-c2nc(SCc3ccc(F)cc3)n[nH]2)cc1. The van der Waals surface area contributed by atoms with Crippen LogP contribution in [0.3, 0.4) is 0 Å². The van der Waals surface area contributed by atoms with Gasteiger partial charge in [-0.25, -0.2) is 9.37 Å². The van der Waals surface area contributed by atoms with Crippen molar-refractivity contribution >= 4 is 11.8 Å². The number of rotatable bonds is 7. The lowest BCUT2D eigenvalue weighted by atomic mass is 10.2. The molecular weight excluding hydrogens is 325 g/mol. The van der Waals surface area contributed by atoms with Crippen molar-refractivity contribution in [2.75, 3.05) is 6.61 Å². The average molecular weight is 343 g/mol. The van der Waals surface area contributed by atoms with E-state index in [9.17, 15) is 4.39 Å². The molecule has 0 aliphatic rings. The molecule has 0 unspecified atom stereocenters. The minimum absolute atomic E-state index is 0.227. The molecule has 6 heteroatoms. The first-order valence-electron chi connectivity index (χ1n) is 7.77. The van der Waals surface area contributed by atoms with Gasteiger partial charge in [-0.05, 0) is 48.4 Å². The molecule has 0 aliphatic carbocycles. The molecule has 24 heavy (non-hydrogen) atoms. The average Bonchev–Trinajstić information content (AvgIpc) is 3.09. The largest absolute Gasteiger partial charge is 0.494 e. The minimum atomic E-state index is -0.227. The number of aromatic nitrogens is 3. The maximum atomic E-state index is 12.9. The second-order valence-electron chi connectivity index (χ2n) is 5.25. The van der Waals surface area contributed by atoms with Crippen LogP contribution in [-0.2, 0) is 5.75 Å². The molecule has 0 aliphatic heterocycles. The monoisotopic (exact) mass is 343 g/mol. The fourth-order valence-electron chi connectivity index (χ4n) is 2.10. The Balaban J connectivity index is 1.61. The summed E-state index contributed by atoms with van der Waals surface area (Å²) in [5.74, 6) is 2.04. The zero-order valence-corrected chi connectivity index (χ0v) is 14.1. The topological polar surface area (TPSA) is 50.8 Å². The molecule has 124 valence electrons. The van der Waals surface area contributed by atoms with Crippen LogP contribution in [0.4, 0.5) is 4.39 Å². The van der Waals surface area contributed by atoms with Crippen LogP contribution in [0.25, 0.3) is 11.4 Å². The van der Waals surface area contributed by atoms with E-state index in [2.05, 4.69) is 22.1 Å². The molecule has 4 nitrogen and oxygen atoms in total. The predicted molar refractivity (Wildman–Crippen MR) is 93.6 cm³/mol. The first-order valence-corrected chi connectivity index (χ1v) is 8.76. The minimum Gasteiger partial charge on any atom is -0.494 e. The second-order valence-corrected chi connectivity index (χ2v) is 6.20. The molecule has 0 radical (unpaired) electrons. The van der Waals surface area contributed by atoms with Gasteiger partial charge in [0, 0.05) is 11.3 Å². The number of nitrogens with one attached hydrogen (secondary N) is 1. The van der Waals surface area contributed by atoms with Gasteiger partial charge in [0.15, 0.2) is 5.82 Å². The van der Waals surface area contributed by atoms with E-state index in [4.69, 9.17) is 4.74 Å². The number of halogens is 1. The Morgan fingerprint density at radius 2 is 1.83 bits per heavy atom.